The maximum atomic E-state index is 12.9. The second-order valence-corrected chi connectivity index (χ2v) is 8.93. The first-order valence-electron chi connectivity index (χ1n) is 9.18. The molecule has 1 heterocycles. The van der Waals surface area contributed by atoms with E-state index in [0.717, 1.165) is 24.9 Å². The SMILES string of the molecule is COC(=O)Nc1ccc(S(=O)(=O)NC2CC3c4c(cccc42)CCN3C)cc1. The Morgan fingerprint density at radius 2 is 1.93 bits per heavy atom. The Bertz CT molecular complexity index is 1000. The van der Waals surface area contributed by atoms with Crippen molar-refractivity contribution in [1.82, 2.24) is 9.62 Å². The van der Waals surface area contributed by atoms with E-state index in [9.17, 15) is 13.2 Å². The lowest BCUT2D eigenvalue weighted by Gasteiger charge is -2.31. The van der Waals surface area contributed by atoms with Gasteiger partial charge in [-0.1, -0.05) is 18.2 Å². The Labute approximate surface area is 164 Å². The summed E-state index contributed by atoms with van der Waals surface area (Å²) < 4.78 is 33.3. The fourth-order valence-electron chi connectivity index (χ4n) is 4.14. The number of benzene rings is 2. The molecule has 1 aliphatic heterocycles. The van der Waals surface area contributed by atoms with Gasteiger partial charge in [0.05, 0.1) is 12.0 Å². The molecule has 1 aliphatic carbocycles. The lowest BCUT2D eigenvalue weighted by atomic mass is 9.94. The molecule has 2 aromatic carbocycles. The smallest absolute Gasteiger partial charge is 0.411 e. The van der Waals surface area contributed by atoms with Crippen LogP contribution in [0.25, 0.3) is 0 Å². The molecule has 0 saturated carbocycles. The van der Waals surface area contributed by atoms with Gasteiger partial charge in [0.1, 0.15) is 0 Å². The summed E-state index contributed by atoms with van der Waals surface area (Å²) >= 11 is 0. The Morgan fingerprint density at radius 1 is 1.18 bits per heavy atom. The van der Waals surface area contributed by atoms with Gasteiger partial charge in [0, 0.05) is 24.3 Å². The van der Waals surface area contributed by atoms with Crippen LogP contribution in [0.5, 0.6) is 0 Å². The van der Waals surface area contributed by atoms with Crippen molar-refractivity contribution in [1.29, 1.82) is 0 Å². The minimum Gasteiger partial charge on any atom is -0.453 e. The van der Waals surface area contributed by atoms with Crippen molar-refractivity contribution >= 4 is 21.8 Å². The molecule has 0 saturated heterocycles. The fraction of sp³-hybridized carbons (Fsp3) is 0.350. The van der Waals surface area contributed by atoms with Crippen LogP contribution in [-0.2, 0) is 21.2 Å². The number of sulfonamides is 1. The third-order valence-corrected chi connectivity index (χ3v) is 7.05. The summed E-state index contributed by atoms with van der Waals surface area (Å²) in [5, 5.41) is 2.51. The van der Waals surface area contributed by atoms with E-state index in [1.165, 1.54) is 42.5 Å². The lowest BCUT2D eigenvalue weighted by molar-refractivity contribution is 0.187. The quantitative estimate of drug-likeness (QED) is 0.823. The second kappa shape index (κ2) is 7.20. The highest BCUT2D eigenvalue weighted by molar-refractivity contribution is 7.89. The number of carbonyl (C=O) groups is 1. The molecule has 8 heteroatoms. The summed E-state index contributed by atoms with van der Waals surface area (Å²) in [4.78, 5) is 13.7. The predicted molar refractivity (Wildman–Crippen MR) is 106 cm³/mol. The van der Waals surface area contributed by atoms with Crippen molar-refractivity contribution in [2.45, 2.75) is 29.8 Å². The topological polar surface area (TPSA) is 87.7 Å². The number of hydrogen-bond acceptors (Lipinski definition) is 5. The molecular formula is C20H23N3O4S. The first-order valence-corrected chi connectivity index (χ1v) is 10.7. The van der Waals surface area contributed by atoms with Gasteiger partial charge >= 0.3 is 6.09 Å². The Balaban J connectivity index is 1.56. The van der Waals surface area contributed by atoms with Gasteiger partial charge in [-0.2, -0.15) is 0 Å². The molecule has 0 bridgehead atoms. The number of hydrogen-bond donors (Lipinski definition) is 2. The van der Waals surface area contributed by atoms with Crippen LogP contribution in [0.1, 0.15) is 35.2 Å². The van der Waals surface area contributed by atoms with Gasteiger partial charge in [-0.3, -0.25) is 10.2 Å². The third-order valence-electron chi connectivity index (χ3n) is 5.56. The highest BCUT2D eigenvalue weighted by Crippen LogP contribution is 2.46. The van der Waals surface area contributed by atoms with Crippen molar-refractivity contribution in [3.63, 3.8) is 0 Å². The Morgan fingerprint density at radius 3 is 2.64 bits per heavy atom. The number of amides is 1. The van der Waals surface area contributed by atoms with Gasteiger partial charge in [-0.05, 0) is 60.8 Å². The van der Waals surface area contributed by atoms with Gasteiger partial charge in [0.25, 0.3) is 0 Å². The van der Waals surface area contributed by atoms with E-state index < -0.39 is 16.1 Å². The monoisotopic (exact) mass is 401 g/mol. The lowest BCUT2D eigenvalue weighted by Crippen LogP contribution is -2.31. The summed E-state index contributed by atoms with van der Waals surface area (Å²) in [5.41, 5.74) is 4.14. The first-order chi connectivity index (χ1) is 13.4. The summed E-state index contributed by atoms with van der Waals surface area (Å²) in [6.45, 7) is 0.981. The van der Waals surface area contributed by atoms with Crippen LogP contribution in [0, 0.1) is 0 Å². The maximum Gasteiger partial charge on any atom is 0.411 e. The Kier molecular flexibility index (Phi) is 4.86. The van der Waals surface area contributed by atoms with Crippen molar-refractivity contribution in [3.05, 3.63) is 59.2 Å². The molecule has 28 heavy (non-hydrogen) atoms. The standard InChI is InChI=1S/C20H23N3O4S/c1-23-11-10-13-4-3-5-16-17(12-18(23)19(13)16)22-28(25,26)15-8-6-14(7-9-15)21-20(24)27-2/h3-9,17-18,22H,10-12H2,1-2H3,(H,21,24). The zero-order valence-electron chi connectivity index (χ0n) is 15.8. The second-order valence-electron chi connectivity index (χ2n) is 7.22. The molecule has 2 aliphatic rings. The molecule has 0 spiro atoms. The predicted octanol–water partition coefficient (Wildman–Crippen LogP) is 2.82. The average Bonchev–Trinajstić information content (AvgIpc) is 3.05. The molecule has 1 amide bonds. The number of anilines is 1. The highest BCUT2D eigenvalue weighted by atomic mass is 32.2. The van der Waals surface area contributed by atoms with Crippen LogP contribution < -0.4 is 10.0 Å². The average molecular weight is 401 g/mol. The number of rotatable bonds is 4. The first kappa shape index (κ1) is 18.9. The molecule has 2 N–H and O–H groups in total. The summed E-state index contributed by atoms with van der Waals surface area (Å²) in [6, 6.07) is 12.2. The molecule has 2 aromatic rings. The number of nitrogens with zero attached hydrogens (tertiary/aromatic N) is 1. The van der Waals surface area contributed by atoms with Gasteiger partial charge in [-0.15, -0.1) is 0 Å². The van der Waals surface area contributed by atoms with Crippen molar-refractivity contribution in [2.24, 2.45) is 0 Å². The van der Waals surface area contributed by atoms with Crippen LogP contribution in [-0.4, -0.2) is 40.1 Å². The van der Waals surface area contributed by atoms with Crippen molar-refractivity contribution < 1.29 is 17.9 Å². The summed E-state index contributed by atoms with van der Waals surface area (Å²) in [7, 11) is -0.331. The zero-order chi connectivity index (χ0) is 19.9. The molecule has 0 aromatic heterocycles. The van der Waals surface area contributed by atoms with Gasteiger partial charge in [0.15, 0.2) is 0 Å². The van der Waals surface area contributed by atoms with E-state index >= 15 is 0 Å². The molecule has 0 fully saturated rings. The van der Waals surface area contributed by atoms with Crippen LogP contribution in [0.3, 0.4) is 0 Å². The van der Waals surface area contributed by atoms with Gasteiger partial charge < -0.3 is 4.74 Å². The van der Waals surface area contributed by atoms with Crippen molar-refractivity contribution in [2.75, 3.05) is 26.0 Å². The van der Waals surface area contributed by atoms with Gasteiger partial charge in [-0.25, -0.2) is 17.9 Å². The number of ether oxygens (including phenoxy) is 1. The number of likely N-dealkylation sites (N-methyl/N-ethyl adjacent to an activating group) is 1. The fourth-order valence-corrected chi connectivity index (χ4v) is 5.36. The molecule has 7 nitrogen and oxygen atoms in total. The van der Waals surface area contributed by atoms with E-state index in [1.54, 1.807) is 0 Å². The van der Waals surface area contributed by atoms with E-state index in [0.29, 0.717) is 5.69 Å². The zero-order valence-corrected chi connectivity index (χ0v) is 16.6. The molecule has 0 radical (unpaired) electrons. The van der Waals surface area contributed by atoms with Gasteiger partial charge in [0.2, 0.25) is 10.0 Å². The number of carbonyl (C=O) groups excluding carboxylic acids is 1. The normalized spacial score (nSPS) is 21.2. The third kappa shape index (κ3) is 3.39. The summed E-state index contributed by atoms with van der Waals surface area (Å²) in [6.07, 6.45) is 1.11. The van der Waals surface area contributed by atoms with E-state index in [-0.39, 0.29) is 17.0 Å². The molecule has 2 atom stereocenters. The van der Waals surface area contributed by atoms with Crippen LogP contribution in [0.4, 0.5) is 10.5 Å². The molecule has 4 rings (SSSR count). The van der Waals surface area contributed by atoms with Crippen LogP contribution >= 0.6 is 0 Å². The Hall–Kier alpha value is -2.42. The van der Waals surface area contributed by atoms with Crippen LogP contribution in [0.15, 0.2) is 47.4 Å². The summed E-state index contributed by atoms with van der Waals surface area (Å²) in [5.74, 6) is 0. The van der Waals surface area contributed by atoms with E-state index in [1.807, 2.05) is 12.1 Å². The number of methoxy groups -OCH3 is 1. The molecule has 148 valence electrons. The van der Waals surface area contributed by atoms with Crippen molar-refractivity contribution in [3.8, 4) is 0 Å². The largest absolute Gasteiger partial charge is 0.453 e. The maximum absolute atomic E-state index is 12.9. The highest BCUT2D eigenvalue weighted by Gasteiger charge is 2.38. The van der Waals surface area contributed by atoms with Crippen LogP contribution in [0.2, 0.25) is 0 Å². The molecule has 2 unspecified atom stereocenters. The number of nitrogens with one attached hydrogen (secondary N) is 2. The van der Waals surface area contributed by atoms with E-state index in [2.05, 4.69) is 32.8 Å². The minimum atomic E-state index is -3.69. The minimum absolute atomic E-state index is 0.160. The molecular weight excluding hydrogens is 378 g/mol. The van der Waals surface area contributed by atoms with E-state index in [4.69, 9.17) is 0 Å².